The molecule has 3 aromatic heterocycles. The van der Waals surface area contributed by atoms with Crippen molar-refractivity contribution in [1.29, 1.82) is 0 Å². The molecule has 0 aliphatic rings. The highest BCUT2D eigenvalue weighted by Crippen LogP contribution is 2.30. The molecule has 1 atom stereocenters. The minimum absolute atomic E-state index is 0.0606. The number of nitrogens with zero attached hydrogens (tertiary/aromatic N) is 5. The highest BCUT2D eigenvalue weighted by atomic mass is 35.5. The molecule has 36 heavy (non-hydrogen) atoms. The number of rotatable bonds is 10. The van der Waals surface area contributed by atoms with Crippen molar-refractivity contribution in [3.8, 4) is 11.4 Å². The molecule has 0 aliphatic heterocycles. The van der Waals surface area contributed by atoms with Gasteiger partial charge in [0.15, 0.2) is 5.65 Å². The number of carbonyl (C=O) groups is 1. The van der Waals surface area contributed by atoms with Gasteiger partial charge in [-0.05, 0) is 44.1 Å². The van der Waals surface area contributed by atoms with Crippen molar-refractivity contribution < 1.29 is 9.53 Å². The molecule has 4 rings (SSSR count). The molecule has 0 radical (unpaired) electrons. The quantitative estimate of drug-likeness (QED) is 0.233. The molecule has 192 valence electrons. The summed E-state index contributed by atoms with van der Waals surface area (Å²) in [5, 5.41) is 9.22. The number of aryl methyl sites for hydroxylation is 1. The van der Waals surface area contributed by atoms with E-state index in [1.165, 1.54) is 0 Å². The van der Waals surface area contributed by atoms with Crippen LogP contribution in [0.1, 0.15) is 23.7 Å². The summed E-state index contributed by atoms with van der Waals surface area (Å²) in [7, 11) is 0.650. The highest BCUT2D eigenvalue weighted by Gasteiger charge is 2.22. The van der Waals surface area contributed by atoms with Gasteiger partial charge in [0.05, 0.1) is 17.3 Å². The number of fused-ring (bicyclic) bond motifs is 2. The van der Waals surface area contributed by atoms with E-state index in [9.17, 15) is 4.79 Å². The number of nitrogens with two attached hydrogens (primary N) is 1. The molecule has 11 heteroatoms. The van der Waals surface area contributed by atoms with Gasteiger partial charge in [-0.3, -0.25) is 9.48 Å². The zero-order valence-corrected chi connectivity index (χ0v) is 23.3. The second-order valence-corrected chi connectivity index (χ2v) is 16.4. The molecule has 4 aromatic rings. The van der Waals surface area contributed by atoms with Gasteiger partial charge >= 0.3 is 0 Å². The third kappa shape index (κ3) is 5.78. The van der Waals surface area contributed by atoms with E-state index < -0.39 is 8.07 Å². The lowest BCUT2D eigenvalue weighted by Gasteiger charge is -2.15. The summed E-state index contributed by atoms with van der Waals surface area (Å²) in [6.45, 7) is 10.3. The Morgan fingerprint density at radius 1 is 1.31 bits per heavy atom. The molecule has 0 fully saturated rings. The van der Waals surface area contributed by atoms with Crippen molar-refractivity contribution in [2.75, 3.05) is 13.2 Å². The van der Waals surface area contributed by atoms with Gasteiger partial charge in [-0.2, -0.15) is 5.10 Å². The molecule has 3 N–H and O–H groups in total. The number of carbonyl (C=O) groups excluding carboxylic acids is 1. The minimum atomic E-state index is -1.21. The molecule has 9 nitrogen and oxygen atoms in total. The molecule has 0 saturated heterocycles. The molecule has 0 aliphatic carbocycles. The smallest absolute Gasteiger partial charge is 0.255 e. The number of hydrogen-bond donors (Lipinski definition) is 2. The van der Waals surface area contributed by atoms with E-state index >= 15 is 0 Å². The van der Waals surface area contributed by atoms with Crippen LogP contribution in [0.3, 0.4) is 0 Å². The van der Waals surface area contributed by atoms with E-state index in [-0.39, 0.29) is 11.9 Å². The van der Waals surface area contributed by atoms with Gasteiger partial charge in [-0.1, -0.05) is 31.2 Å². The molecule has 1 aromatic carbocycles. The molecule has 1 amide bonds. The van der Waals surface area contributed by atoms with Crippen molar-refractivity contribution in [3.63, 3.8) is 0 Å². The number of halogens is 1. The predicted molar refractivity (Wildman–Crippen MR) is 147 cm³/mol. The molecule has 0 spiro atoms. The molecule has 0 bridgehead atoms. The van der Waals surface area contributed by atoms with E-state index in [1.807, 2.05) is 36.7 Å². The van der Waals surface area contributed by atoms with E-state index in [4.69, 9.17) is 32.0 Å². The molecule has 3 heterocycles. The summed E-state index contributed by atoms with van der Waals surface area (Å²) < 4.78 is 9.57. The Labute approximate surface area is 217 Å². The van der Waals surface area contributed by atoms with Crippen molar-refractivity contribution in [2.24, 2.45) is 12.8 Å². The van der Waals surface area contributed by atoms with E-state index in [1.54, 1.807) is 17.1 Å². The standard InChI is InChI=1S/C25H34ClN7O2Si/c1-16(8-9-27)29-25(34)19-14-33(15-35-10-11-36(3,4)5)24-23(19)30-20(13-28-24)22-18-7-6-17(26)12-21(18)32(2)31-22/h6-7,12-14,16H,8-11,15,27H2,1-5H3,(H,29,34)/t16-/m1/s1. The number of aromatic nitrogens is 5. The fourth-order valence-corrected chi connectivity index (χ4v) is 4.94. The van der Waals surface area contributed by atoms with Crippen LogP contribution in [-0.2, 0) is 18.5 Å². The van der Waals surface area contributed by atoms with Gasteiger partial charge in [0, 0.05) is 44.4 Å². The summed E-state index contributed by atoms with van der Waals surface area (Å²) >= 11 is 6.19. The Hall–Kier alpha value is -2.79. The first kappa shape index (κ1) is 26.3. The molecular weight excluding hydrogens is 494 g/mol. The van der Waals surface area contributed by atoms with Gasteiger partial charge in [-0.15, -0.1) is 0 Å². The normalized spacial score (nSPS) is 13.0. The van der Waals surface area contributed by atoms with Gasteiger partial charge in [0.2, 0.25) is 0 Å². The van der Waals surface area contributed by atoms with Crippen molar-refractivity contribution in [2.45, 2.75) is 51.8 Å². The minimum Gasteiger partial charge on any atom is -0.361 e. The van der Waals surface area contributed by atoms with Gasteiger partial charge in [0.25, 0.3) is 5.91 Å². The van der Waals surface area contributed by atoms with Crippen LogP contribution in [0, 0.1) is 0 Å². The second kappa shape index (κ2) is 10.7. The molecule has 0 saturated carbocycles. The summed E-state index contributed by atoms with van der Waals surface area (Å²) in [6, 6.07) is 6.61. The topological polar surface area (TPSA) is 113 Å². The first-order chi connectivity index (χ1) is 17.1. The van der Waals surface area contributed by atoms with Crippen molar-refractivity contribution >= 4 is 47.6 Å². The zero-order valence-electron chi connectivity index (χ0n) is 21.5. The van der Waals surface area contributed by atoms with Crippen LogP contribution in [0.4, 0.5) is 0 Å². The number of benzene rings is 1. The zero-order chi connectivity index (χ0) is 26.0. The monoisotopic (exact) mass is 527 g/mol. The first-order valence-electron chi connectivity index (χ1n) is 12.1. The summed E-state index contributed by atoms with van der Waals surface area (Å²) in [5.74, 6) is -0.217. The first-order valence-corrected chi connectivity index (χ1v) is 16.2. The molecule has 0 unspecified atom stereocenters. The van der Waals surface area contributed by atoms with Crippen LogP contribution >= 0.6 is 11.6 Å². The third-order valence-electron chi connectivity index (χ3n) is 6.07. The highest BCUT2D eigenvalue weighted by molar-refractivity contribution is 6.76. The van der Waals surface area contributed by atoms with E-state index in [0.29, 0.717) is 59.4 Å². The Kier molecular flexibility index (Phi) is 7.79. The van der Waals surface area contributed by atoms with E-state index in [2.05, 4.69) is 30.1 Å². The average Bonchev–Trinajstić information content (AvgIpc) is 3.33. The third-order valence-corrected chi connectivity index (χ3v) is 8.01. The van der Waals surface area contributed by atoms with Crippen LogP contribution in [-0.4, -0.2) is 57.5 Å². The van der Waals surface area contributed by atoms with Gasteiger partial charge in [-0.25, -0.2) is 9.97 Å². The lowest BCUT2D eigenvalue weighted by Crippen LogP contribution is -2.34. The number of nitrogens with one attached hydrogen (secondary N) is 1. The van der Waals surface area contributed by atoms with Gasteiger partial charge < -0.3 is 20.4 Å². The fraction of sp³-hybridized carbons (Fsp3) is 0.440. The van der Waals surface area contributed by atoms with E-state index in [0.717, 1.165) is 16.9 Å². The maximum atomic E-state index is 13.2. The van der Waals surface area contributed by atoms with Crippen LogP contribution < -0.4 is 11.1 Å². The number of hydrogen-bond acceptors (Lipinski definition) is 6. The van der Waals surface area contributed by atoms with Gasteiger partial charge in [0.1, 0.15) is 23.6 Å². The largest absolute Gasteiger partial charge is 0.361 e. The Bertz CT molecular complexity index is 1390. The van der Waals surface area contributed by atoms with Crippen LogP contribution in [0.15, 0.2) is 30.6 Å². The Balaban J connectivity index is 1.73. The lowest BCUT2D eigenvalue weighted by molar-refractivity contribution is 0.0890. The maximum absolute atomic E-state index is 13.2. The summed E-state index contributed by atoms with van der Waals surface area (Å²) in [4.78, 5) is 22.8. The van der Waals surface area contributed by atoms with Crippen LogP contribution in [0.2, 0.25) is 30.7 Å². The summed E-state index contributed by atoms with van der Waals surface area (Å²) in [6.07, 6.45) is 4.14. The Morgan fingerprint density at radius 3 is 2.81 bits per heavy atom. The van der Waals surface area contributed by atoms with Crippen LogP contribution in [0.25, 0.3) is 33.5 Å². The second-order valence-electron chi connectivity index (χ2n) is 10.4. The number of amides is 1. The van der Waals surface area contributed by atoms with Crippen molar-refractivity contribution in [1.82, 2.24) is 29.6 Å². The van der Waals surface area contributed by atoms with Crippen molar-refractivity contribution in [3.05, 3.63) is 41.2 Å². The lowest BCUT2D eigenvalue weighted by atomic mass is 10.1. The maximum Gasteiger partial charge on any atom is 0.255 e. The average molecular weight is 528 g/mol. The molecular formula is C25H34ClN7O2Si. The predicted octanol–water partition coefficient (Wildman–Crippen LogP) is 4.42. The van der Waals surface area contributed by atoms with Crippen LogP contribution in [0.5, 0.6) is 0 Å². The SMILES string of the molecule is C[C@H](CCN)NC(=O)c1cn(COCC[Si](C)(C)C)c2ncc(-c3nn(C)c4cc(Cl)ccc34)nc12. The summed E-state index contributed by atoms with van der Waals surface area (Å²) in [5.41, 5.74) is 9.36. The Morgan fingerprint density at radius 2 is 2.08 bits per heavy atom. The number of ether oxygens (including phenoxy) is 1. The fourth-order valence-electron chi connectivity index (χ4n) is 4.02.